The van der Waals surface area contributed by atoms with E-state index in [1.807, 2.05) is 18.2 Å². The number of hydrogen-bond acceptors (Lipinski definition) is 2. The summed E-state index contributed by atoms with van der Waals surface area (Å²) < 4.78 is 0. The summed E-state index contributed by atoms with van der Waals surface area (Å²) in [4.78, 5) is 9.69. The van der Waals surface area contributed by atoms with E-state index in [0.29, 0.717) is 0 Å². The van der Waals surface area contributed by atoms with E-state index in [2.05, 4.69) is 0 Å². The highest BCUT2D eigenvalue weighted by atomic mass is 35.5. The third-order valence-electron chi connectivity index (χ3n) is 1.47. The molecule has 1 aromatic carbocycles. The minimum Gasteiger partial charge on any atom is -0.264 e. The second kappa shape index (κ2) is 4.07. The molecule has 0 radical (unpaired) electrons. The number of hydrogen-bond donors (Lipinski definition) is 0. The number of rotatable bonds is 3. The smallest absolute Gasteiger partial charge is 0.224 e. The monoisotopic (exact) mass is 185 g/mol. The predicted molar refractivity (Wildman–Crippen MR) is 46.9 cm³/mol. The summed E-state index contributed by atoms with van der Waals surface area (Å²) in [6.45, 7) is -0.231. The first kappa shape index (κ1) is 9.00. The van der Waals surface area contributed by atoms with Crippen molar-refractivity contribution in [1.29, 1.82) is 0 Å². The van der Waals surface area contributed by atoms with Gasteiger partial charge in [0.15, 0.2) is 0 Å². The van der Waals surface area contributed by atoms with E-state index >= 15 is 0 Å². The first-order valence-electron chi connectivity index (χ1n) is 3.51. The van der Waals surface area contributed by atoms with Gasteiger partial charge in [0.05, 0.1) is 0 Å². The molecular weight excluding hydrogens is 178 g/mol. The fourth-order valence-electron chi connectivity index (χ4n) is 0.898. The number of halogens is 1. The molecule has 0 N–H and O–H groups in total. The SMILES string of the molecule is O=[N+]([O-])CC(Cl)c1ccccc1. The van der Waals surface area contributed by atoms with Crippen LogP contribution >= 0.6 is 11.6 Å². The molecule has 0 saturated carbocycles. The molecule has 1 atom stereocenters. The Morgan fingerprint density at radius 3 is 2.50 bits per heavy atom. The van der Waals surface area contributed by atoms with E-state index in [9.17, 15) is 10.1 Å². The zero-order valence-corrected chi connectivity index (χ0v) is 7.07. The van der Waals surface area contributed by atoms with Gasteiger partial charge < -0.3 is 0 Å². The summed E-state index contributed by atoms with van der Waals surface area (Å²) >= 11 is 5.76. The second-order valence-electron chi connectivity index (χ2n) is 2.39. The van der Waals surface area contributed by atoms with Crippen molar-refractivity contribution in [3.8, 4) is 0 Å². The van der Waals surface area contributed by atoms with Gasteiger partial charge in [-0.15, -0.1) is 11.6 Å². The molecule has 1 rings (SSSR count). The molecule has 1 aromatic rings. The maximum Gasteiger partial charge on any atom is 0.224 e. The van der Waals surface area contributed by atoms with Gasteiger partial charge in [0.25, 0.3) is 0 Å². The molecule has 0 aromatic heterocycles. The summed E-state index contributed by atoms with van der Waals surface area (Å²) in [5, 5.41) is 9.58. The Kier molecular flexibility index (Phi) is 3.05. The Morgan fingerprint density at radius 2 is 2.00 bits per heavy atom. The molecule has 64 valence electrons. The maximum absolute atomic E-state index is 10.1. The quantitative estimate of drug-likeness (QED) is 0.412. The Morgan fingerprint density at radius 1 is 1.42 bits per heavy atom. The molecule has 1 unspecified atom stereocenters. The summed E-state index contributed by atoms with van der Waals surface area (Å²) in [7, 11) is 0. The highest BCUT2D eigenvalue weighted by molar-refractivity contribution is 6.20. The summed E-state index contributed by atoms with van der Waals surface area (Å²) in [5.41, 5.74) is 0.788. The molecule has 3 nitrogen and oxygen atoms in total. The van der Waals surface area contributed by atoms with E-state index < -0.39 is 10.3 Å². The van der Waals surface area contributed by atoms with Crippen molar-refractivity contribution >= 4 is 11.6 Å². The van der Waals surface area contributed by atoms with E-state index in [0.717, 1.165) is 5.56 Å². The van der Waals surface area contributed by atoms with Crippen LogP contribution in [-0.4, -0.2) is 11.5 Å². The van der Waals surface area contributed by atoms with E-state index in [-0.39, 0.29) is 6.54 Å². The molecule has 0 aliphatic heterocycles. The first-order chi connectivity index (χ1) is 5.70. The fraction of sp³-hybridized carbons (Fsp3) is 0.250. The minimum atomic E-state index is -0.527. The number of nitro groups is 1. The molecule has 12 heavy (non-hydrogen) atoms. The first-order valence-corrected chi connectivity index (χ1v) is 3.94. The highest BCUT2D eigenvalue weighted by Gasteiger charge is 2.12. The van der Waals surface area contributed by atoms with Crippen molar-refractivity contribution < 1.29 is 4.92 Å². The van der Waals surface area contributed by atoms with Crippen LogP contribution in [-0.2, 0) is 0 Å². The zero-order valence-electron chi connectivity index (χ0n) is 6.31. The lowest BCUT2D eigenvalue weighted by Gasteiger charge is -2.03. The van der Waals surface area contributed by atoms with Crippen molar-refractivity contribution in [3.05, 3.63) is 46.0 Å². The van der Waals surface area contributed by atoms with Gasteiger partial charge in [-0.3, -0.25) is 10.1 Å². The molecular formula is C8H8ClNO2. The van der Waals surface area contributed by atoms with Crippen LogP contribution in [0.1, 0.15) is 10.9 Å². The van der Waals surface area contributed by atoms with Gasteiger partial charge in [0, 0.05) is 4.92 Å². The minimum absolute atomic E-state index is 0.231. The van der Waals surface area contributed by atoms with Crippen LogP contribution < -0.4 is 0 Å². The van der Waals surface area contributed by atoms with Crippen LogP contribution in [0.4, 0.5) is 0 Å². The molecule has 0 heterocycles. The lowest BCUT2D eigenvalue weighted by molar-refractivity contribution is -0.480. The molecule has 0 aliphatic carbocycles. The van der Waals surface area contributed by atoms with Crippen LogP contribution in [0.3, 0.4) is 0 Å². The van der Waals surface area contributed by atoms with Crippen molar-refractivity contribution in [2.24, 2.45) is 0 Å². The molecule has 4 heteroatoms. The third kappa shape index (κ3) is 2.51. The van der Waals surface area contributed by atoms with Crippen molar-refractivity contribution in [1.82, 2.24) is 0 Å². The van der Waals surface area contributed by atoms with Gasteiger partial charge >= 0.3 is 0 Å². The van der Waals surface area contributed by atoms with Gasteiger partial charge in [-0.2, -0.15) is 0 Å². The van der Waals surface area contributed by atoms with Crippen LogP contribution in [0.5, 0.6) is 0 Å². The van der Waals surface area contributed by atoms with Crippen molar-refractivity contribution in [3.63, 3.8) is 0 Å². The Balaban J connectivity index is 2.65. The number of benzene rings is 1. The predicted octanol–water partition coefficient (Wildman–Crippen LogP) is 2.24. The van der Waals surface area contributed by atoms with Crippen LogP contribution in [0.2, 0.25) is 0 Å². The zero-order chi connectivity index (χ0) is 8.97. The van der Waals surface area contributed by atoms with Gasteiger partial charge in [0.1, 0.15) is 5.38 Å². The molecule has 0 saturated heterocycles. The highest BCUT2D eigenvalue weighted by Crippen LogP contribution is 2.19. The van der Waals surface area contributed by atoms with Gasteiger partial charge in [-0.25, -0.2) is 0 Å². The molecule has 0 fully saturated rings. The topological polar surface area (TPSA) is 43.1 Å². The molecule has 0 aliphatic rings. The van der Waals surface area contributed by atoms with Crippen LogP contribution in [0.25, 0.3) is 0 Å². The summed E-state index contributed by atoms with van der Waals surface area (Å²) in [6.07, 6.45) is 0. The van der Waals surface area contributed by atoms with Crippen LogP contribution in [0.15, 0.2) is 30.3 Å². The Hall–Kier alpha value is -1.09. The normalized spacial score (nSPS) is 12.4. The van der Waals surface area contributed by atoms with Crippen LogP contribution in [0, 0.1) is 10.1 Å². The lowest BCUT2D eigenvalue weighted by Crippen LogP contribution is -2.07. The second-order valence-corrected chi connectivity index (χ2v) is 2.92. The van der Waals surface area contributed by atoms with E-state index in [1.165, 1.54) is 0 Å². The van der Waals surface area contributed by atoms with Crippen molar-refractivity contribution in [2.75, 3.05) is 6.54 Å². The average Bonchev–Trinajstić information content (AvgIpc) is 2.05. The Labute approximate surface area is 75.1 Å². The Bertz CT molecular complexity index is 263. The largest absolute Gasteiger partial charge is 0.264 e. The molecule has 0 spiro atoms. The lowest BCUT2D eigenvalue weighted by atomic mass is 10.1. The molecule has 0 bridgehead atoms. The maximum atomic E-state index is 10.1. The van der Waals surface area contributed by atoms with Gasteiger partial charge in [-0.1, -0.05) is 30.3 Å². The third-order valence-corrected chi connectivity index (χ3v) is 1.86. The van der Waals surface area contributed by atoms with E-state index in [4.69, 9.17) is 11.6 Å². The summed E-state index contributed by atoms with van der Waals surface area (Å²) in [6, 6.07) is 9.02. The molecule has 0 amide bonds. The fourth-order valence-corrected chi connectivity index (χ4v) is 1.16. The van der Waals surface area contributed by atoms with E-state index in [1.54, 1.807) is 12.1 Å². The number of alkyl halides is 1. The van der Waals surface area contributed by atoms with Gasteiger partial charge in [0.2, 0.25) is 6.54 Å². The summed E-state index contributed by atoms with van der Waals surface area (Å²) in [5.74, 6) is 0. The number of nitrogens with zero attached hydrogens (tertiary/aromatic N) is 1. The van der Waals surface area contributed by atoms with Gasteiger partial charge in [-0.05, 0) is 5.56 Å². The average molecular weight is 186 g/mol. The standard InChI is InChI=1S/C8H8ClNO2/c9-8(6-10(11)12)7-4-2-1-3-5-7/h1-5,8H,6H2. The van der Waals surface area contributed by atoms with Crippen molar-refractivity contribution in [2.45, 2.75) is 5.38 Å².